The molecule has 5 heteroatoms. The second kappa shape index (κ2) is 5.00. The molecule has 0 radical (unpaired) electrons. The fourth-order valence-corrected chi connectivity index (χ4v) is 2.47. The van der Waals surface area contributed by atoms with Crippen LogP contribution in [0.25, 0.3) is 0 Å². The first-order chi connectivity index (χ1) is 9.69. The quantitative estimate of drug-likeness (QED) is 0.897. The average molecular weight is 272 g/mol. The van der Waals surface area contributed by atoms with Gasteiger partial charge in [-0.15, -0.1) is 0 Å². The van der Waals surface area contributed by atoms with Crippen LogP contribution in [0.4, 0.5) is 0 Å². The third-order valence-corrected chi connectivity index (χ3v) is 3.46. The highest BCUT2D eigenvalue weighted by Crippen LogP contribution is 2.35. The van der Waals surface area contributed by atoms with E-state index in [4.69, 9.17) is 4.74 Å². The van der Waals surface area contributed by atoms with Gasteiger partial charge in [-0.05, 0) is 18.1 Å². The summed E-state index contributed by atoms with van der Waals surface area (Å²) in [5, 5.41) is 9.89. The summed E-state index contributed by atoms with van der Waals surface area (Å²) in [6.07, 6.45) is 1.59. The molecule has 2 heterocycles. The van der Waals surface area contributed by atoms with Crippen molar-refractivity contribution in [2.24, 2.45) is 0 Å². The fraction of sp³-hybridized carbons (Fsp3) is 0.333. The first-order valence-corrected chi connectivity index (χ1v) is 6.75. The van der Waals surface area contributed by atoms with Gasteiger partial charge >= 0.3 is 0 Å². The third kappa shape index (κ3) is 2.15. The molecule has 0 saturated carbocycles. The highest BCUT2D eigenvalue weighted by Gasteiger charge is 2.27. The van der Waals surface area contributed by atoms with Crippen molar-refractivity contribution in [1.82, 2.24) is 9.97 Å². The van der Waals surface area contributed by atoms with E-state index >= 15 is 0 Å². The standard InChI is InChI=1S/C15H16N2O3/c1-2-5-10-14(18)16-13(17-15(10)19)12-8-9-6-3-4-7-11(9)20-12/h3-4,6-7,12H,2,5,8H2,1H3,(H2,16,17,18,19). The summed E-state index contributed by atoms with van der Waals surface area (Å²) in [5.41, 5.74) is 1.14. The van der Waals surface area contributed by atoms with Crippen molar-refractivity contribution in [2.45, 2.75) is 32.3 Å². The summed E-state index contributed by atoms with van der Waals surface area (Å²) in [4.78, 5) is 18.8. The smallest absolute Gasteiger partial charge is 0.258 e. The molecule has 3 rings (SSSR count). The second-order valence-electron chi connectivity index (χ2n) is 4.92. The number of benzene rings is 1. The molecule has 0 spiro atoms. The second-order valence-corrected chi connectivity index (χ2v) is 4.92. The van der Waals surface area contributed by atoms with E-state index in [9.17, 15) is 9.90 Å². The maximum atomic E-state index is 12.0. The van der Waals surface area contributed by atoms with E-state index in [2.05, 4.69) is 9.97 Å². The summed E-state index contributed by atoms with van der Waals surface area (Å²) in [7, 11) is 0. The zero-order chi connectivity index (χ0) is 14.1. The Labute approximate surface area is 116 Å². The van der Waals surface area contributed by atoms with Crippen molar-refractivity contribution in [2.75, 3.05) is 0 Å². The zero-order valence-corrected chi connectivity index (χ0v) is 11.2. The fourth-order valence-electron chi connectivity index (χ4n) is 2.47. The maximum Gasteiger partial charge on any atom is 0.258 e. The molecule has 0 aliphatic carbocycles. The lowest BCUT2D eigenvalue weighted by molar-refractivity contribution is 0.225. The Balaban J connectivity index is 1.92. The molecule has 0 amide bonds. The number of hydrogen-bond donors (Lipinski definition) is 2. The first-order valence-electron chi connectivity index (χ1n) is 6.75. The molecule has 2 N–H and O–H groups in total. The minimum absolute atomic E-state index is 0.190. The molecule has 5 nitrogen and oxygen atoms in total. The Kier molecular flexibility index (Phi) is 3.18. The largest absolute Gasteiger partial charge is 0.493 e. The van der Waals surface area contributed by atoms with Crippen LogP contribution in [0.15, 0.2) is 29.1 Å². The van der Waals surface area contributed by atoms with Crippen LogP contribution < -0.4 is 10.3 Å². The van der Waals surface area contributed by atoms with Crippen LogP contribution in [0.5, 0.6) is 11.6 Å². The lowest BCUT2D eigenvalue weighted by Gasteiger charge is -2.11. The normalized spacial score (nSPS) is 16.8. The molecule has 1 aliphatic heterocycles. The highest BCUT2D eigenvalue weighted by atomic mass is 16.5. The summed E-state index contributed by atoms with van der Waals surface area (Å²) in [5.74, 6) is 0.992. The van der Waals surface area contributed by atoms with Gasteiger partial charge < -0.3 is 14.8 Å². The summed E-state index contributed by atoms with van der Waals surface area (Å²) in [6, 6.07) is 7.72. The van der Waals surface area contributed by atoms with Crippen LogP contribution in [0.2, 0.25) is 0 Å². The molecule has 1 aromatic carbocycles. The van der Waals surface area contributed by atoms with Crippen LogP contribution in [0.3, 0.4) is 0 Å². The summed E-state index contributed by atoms with van der Waals surface area (Å²) >= 11 is 0. The van der Waals surface area contributed by atoms with Crippen molar-refractivity contribution in [1.29, 1.82) is 0 Å². The van der Waals surface area contributed by atoms with E-state index in [1.807, 2.05) is 31.2 Å². The molecule has 0 bridgehead atoms. The number of nitrogens with zero attached hydrogens (tertiary/aromatic N) is 1. The van der Waals surface area contributed by atoms with Gasteiger partial charge in [0.25, 0.3) is 5.56 Å². The first kappa shape index (κ1) is 12.7. The van der Waals surface area contributed by atoms with Crippen LogP contribution in [0, 0.1) is 0 Å². The zero-order valence-electron chi connectivity index (χ0n) is 11.2. The molecular formula is C15H16N2O3. The van der Waals surface area contributed by atoms with E-state index < -0.39 is 0 Å². The van der Waals surface area contributed by atoms with E-state index in [1.165, 1.54) is 0 Å². The number of aromatic amines is 1. The van der Waals surface area contributed by atoms with E-state index in [-0.39, 0.29) is 17.5 Å². The van der Waals surface area contributed by atoms with Gasteiger partial charge in [0.1, 0.15) is 5.75 Å². The van der Waals surface area contributed by atoms with Crippen LogP contribution in [-0.4, -0.2) is 15.1 Å². The monoisotopic (exact) mass is 272 g/mol. The Morgan fingerprint density at radius 3 is 2.95 bits per heavy atom. The van der Waals surface area contributed by atoms with Crippen molar-refractivity contribution >= 4 is 0 Å². The number of H-pyrrole nitrogens is 1. The Bertz CT molecular complexity index is 669. The number of aromatic hydroxyl groups is 1. The average Bonchev–Trinajstić information content (AvgIpc) is 2.86. The number of aromatic nitrogens is 2. The van der Waals surface area contributed by atoms with Gasteiger partial charge in [-0.25, -0.2) is 0 Å². The molecular weight excluding hydrogens is 256 g/mol. The molecule has 1 aromatic heterocycles. The van der Waals surface area contributed by atoms with Crippen molar-refractivity contribution in [3.8, 4) is 11.6 Å². The predicted octanol–water partition coefficient (Wildman–Crippen LogP) is 2.10. The van der Waals surface area contributed by atoms with E-state index in [0.29, 0.717) is 24.2 Å². The van der Waals surface area contributed by atoms with Gasteiger partial charge in [0, 0.05) is 6.42 Å². The van der Waals surface area contributed by atoms with Crippen molar-refractivity contribution < 1.29 is 9.84 Å². The van der Waals surface area contributed by atoms with Crippen molar-refractivity contribution in [3.05, 3.63) is 51.6 Å². The van der Waals surface area contributed by atoms with Gasteiger partial charge in [-0.2, -0.15) is 4.98 Å². The maximum absolute atomic E-state index is 12.0. The molecule has 2 aromatic rings. The molecule has 104 valence electrons. The minimum Gasteiger partial charge on any atom is -0.493 e. The van der Waals surface area contributed by atoms with Gasteiger partial charge in [-0.1, -0.05) is 31.5 Å². The number of para-hydroxylation sites is 1. The van der Waals surface area contributed by atoms with E-state index in [0.717, 1.165) is 17.7 Å². The lowest BCUT2D eigenvalue weighted by atomic mass is 10.1. The highest BCUT2D eigenvalue weighted by molar-refractivity contribution is 5.38. The number of nitrogens with one attached hydrogen (secondary N) is 1. The Hall–Kier alpha value is -2.30. The lowest BCUT2D eigenvalue weighted by Crippen LogP contribution is -2.20. The van der Waals surface area contributed by atoms with Crippen LogP contribution >= 0.6 is 0 Å². The van der Waals surface area contributed by atoms with Crippen LogP contribution in [-0.2, 0) is 12.8 Å². The predicted molar refractivity (Wildman–Crippen MR) is 74.0 cm³/mol. The van der Waals surface area contributed by atoms with Gasteiger partial charge in [0.05, 0.1) is 5.56 Å². The Morgan fingerprint density at radius 1 is 1.45 bits per heavy atom. The summed E-state index contributed by atoms with van der Waals surface area (Å²) < 4.78 is 5.76. The molecule has 20 heavy (non-hydrogen) atoms. The van der Waals surface area contributed by atoms with Crippen LogP contribution in [0.1, 0.15) is 36.4 Å². The van der Waals surface area contributed by atoms with Gasteiger partial charge in [0.2, 0.25) is 5.88 Å². The topological polar surface area (TPSA) is 75.2 Å². The molecule has 0 fully saturated rings. The number of rotatable bonds is 3. The molecule has 1 unspecified atom stereocenters. The summed E-state index contributed by atoms with van der Waals surface area (Å²) in [6.45, 7) is 1.95. The SMILES string of the molecule is CCCc1c(O)nc(C2Cc3ccccc3O2)[nH]c1=O. The Morgan fingerprint density at radius 2 is 2.25 bits per heavy atom. The van der Waals surface area contributed by atoms with Gasteiger partial charge in [0.15, 0.2) is 11.9 Å². The number of ether oxygens (including phenoxy) is 1. The van der Waals surface area contributed by atoms with Crippen molar-refractivity contribution in [3.63, 3.8) is 0 Å². The van der Waals surface area contributed by atoms with Gasteiger partial charge in [-0.3, -0.25) is 4.79 Å². The minimum atomic E-state index is -0.346. The molecule has 0 saturated heterocycles. The number of fused-ring (bicyclic) bond motifs is 1. The number of hydrogen-bond acceptors (Lipinski definition) is 4. The van der Waals surface area contributed by atoms with E-state index in [1.54, 1.807) is 0 Å². The molecule has 1 atom stereocenters. The molecule has 1 aliphatic rings. The third-order valence-electron chi connectivity index (χ3n) is 3.46.